The van der Waals surface area contributed by atoms with Crippen LogP contribution in [-0.2, 0) is 9.53 Å². The Balaban J connectivity index is 2.97. The van der Waals surface area contributed by atoms with E-state index in [1.54, 1.807) is 24.3 Å². The summed E-state index contributed by atoms with van der Waals surface area (Å²) < 4.78 is 5.38. The molecule has 0 heterocycles. The Bertz CT molecular complexity index is 437. The average molecular weight is 264 g/mol. The molecule has 0 saturated heterocycles. The van der Waals surface area contributed by atoms with Gasteiger partial charge in [0.05, 0.1) is 5.92 Å². The van der Waals surface area contributed by atoms with E-state index in [-0.39, 0.29) is 5.97 Å². The van der Waals surface area contributed by atoms with Crippen molar-refractivity contribution >= 4 is 18.6 Å². The summed E-state index contributed by atoms with van der Waals surface area (Å²) in [6.07, 6.45) is 0.597. The lowest BCUT2D eigenvalue weighted by molar-refractivity contribution is -0.156. The van der Waals surface area contributed by atoms with Gasteiger partial charge in [-0.1, -0.05) is 31.2 Å². The molecule has 19 heavy (non-hydrogen) atoms. The largest absolute Gasteiger partial charge is 0.488 e. The van der Waals surface area contributed by atoms with Crippen molar-refractivity contribution in [3.63, 3.8) is 0 Å². The highest BCUT2D eigenvalue weighted by Gasteiger charge is 2.26. The van der Waals surface area contributed by atoms with Crippen LogP contribution in [-0.4, -0.2) is 28.7 Å². The van der Waals surface area contributed by atoms with Crippen molar-refractivity contribution in [1.29, 1.82) is 0 Å². The molecule has 4 nitrogen and oxygen atoms in total. The van der Waals surface area contributed by atoms with Gasteiger partial charge in [0.2, 0.25) is 0 Å². The molecule has 0 amide bonds. The second-order valence-electron chi connectivity index (χ2n) is 5.54. The van der Waals surface area contributed by atoms with E-state index in [1.165, 1.54) is 0 Å². The summed E-state index contributed by atoms with van der Waals surface area (Å²) in [6.45, 7) is 7.37. The highest BCUT2D eigenvalue weighted by molar-refractivity contribution is 6.58. The Labute approximate surface area is 114 Å². The minimum atomic E-state index is -1.53. The van der Waals surface area contributed by atoms with Gasteiger partial charge in [-0.25, -0.2) is 0 Å². The zero-order valence-electron chi connectivity index (χ0n) is 11.9. The van der Waals surface area contributed by atoms with Crippen LogP contribution in [0.1, 0.15) is 45.6 Å². The van der Waals surface area contributed by atoms with Crippen molar-refractivity contribution in [2.24, 2.45) is 0 Å². The molecular formula is C14H21BO4. The summed E-state index contributed by atoms with van der Waals surface area (Å²) in [7, 11) is -1.53. The first kappa shape index (κ1) is 15.7. The van der Waals surface area contributed by atoms with E-state index >= 15 is 0 Å². The molecule has 104 valence electrons. The highest BCUT2D eigenvalue weighted by atomic mass is 16.6. The summed E-state index contributed by atoms with van der Waals surface area (Å²) >= 11 is 0. The number of ether oxygens (including phenoxy) is 1. The number of rotatable bonds is 4. The monoisotopic (exact) mass is 264 g/mol. The fourth-order valence-corrected chi connectivity index (χ4v) is 1.85. The van der Waals surface area contributed by atoms with Gasteiger partial charge in [0.1, 0.15) is 5.60 Å². The van der Waals surface area contributed by atoms with Gasteiger partial charge in [0, 0.05) is 0 Å². The first-order valence-electron chi connectivity index (χ1n) is 6.43. The Hall–Kier alpha value is -1.33. The summed E-state index contributed by atoms with van der Waals surface area (Å²) in [5, 5.41) is 18.3. The molecule has 0 spiro atoms. The van der Waals surface area contributed by atoms with Gasteiger partial charge in [-0.05, 0) is 38.2 Å². The molecule has 0 aromatic heterocycles. The van der Waals surface area contributed by atoms with E-state index in [0.717, 1.165) is 5.56 Å². The molecule has 1 atom stereocenters. The van der Waals surface area contributed by atoms with Crippen molar-refractivity contribution in [1.82, 2.24) is 0 Å². The smallest absolute Gasteiger partial charge is 0.459 e. The lowest BCUT2D eigenvalue weighted by Gasteiger charge is -2.23. The number of carbonyl (C=O) groups is 1. The zero-order chi connectivity index (χ0) is 14.6. The topological polar surface area (TPSA) is 66.8 Å². The van der Waals surface area contributed by atoms with Crippen LogP contribution in [0.2, 0.25) is 0 Å². The van der Waals surface area contributed by atoms with Crippen LogP contribution in [0.4, 0.5) is 0 Å². The number of carbonyl (C=O) groups excluding carboxylic acids is 1. The lowest BCUT2D eigenvalue weighted by Crippen LogP contribution is -2.31. The Morgan fingerprint density at radius 1 is 1.37 bits per heavy atom. The van der Waals surface area contributed by atoms with E-state index in [4.69, 9.17) is 14.8 Å². The van der Waals surface area contributed by atoms with Gasteiger partial charge < -0.3 is 14.8 Å². The second-order valence-corrected chi connectivity index (χ2v) is 5.54. The molecule has 1 unspecified atom stereocenters. The van der Waals surface area contributed by atoms with Gasteiger partial charge in [0.15, 0.2) is 0 Å². The molecule has 5 heteroatoms. The number of hydrogen-bond donors (Lipinski definition) is 2. The lowest BCUT2D eigenvalue weighted by atomic mass is 9.78. The van der Waals surface area contributed by atoms with Crippen molar-refractivity contribution in [3.05, 3.63) is 29.8 Å². The summed E-state index contributed by atoms with van der Waals surface area (Å²) in [5.74, 6) is -0.683. The van der Waals surface area contributed by atoms with Crippen LogP contribution in [0.5, 0.6) is 0 Å². The van der Waals surface area contributed by atoms with Crippen molar-refractivity contribution in [2.45, 2.75) is 45.6 Å². The van der Waals surface area contributed by atoms with E-state index in [0.29, 0.717) is 11.9 Å². The van der Waals surface area contributed by atoms with Gasteiger partial charge in [0.25, 0.3) is 0 Å². The quantitative estimate of drug-likeness (QED) is 0.633. The van der Waals surface area contributed by atoms with Crippen LogP contribution >= 0.6 is 0 Å². The first-order chi connectivity index (χ1) is 8.74. The Morgan fingerprint density at radius 3 is 2.47 bits per heavy atom. The minimum absolute atomic E-state index is 0.292. The standard InChI is InChI=1S/C14H21BO4/c1-5-12(13(16)19-14(2,3)4)10-7-6-8-11(9-10)15(17)18/h6-9,12,17-18H,5H2,1-4H3. The van der Waals surface area contributed by atoms with Crippen LogP contribution in [0.15, 0.2) is 24.3 Å². The predicted molar refractivity (Wildman–Crippen MR) is 75.1 cm³/mol. The maximum absolute atomic E-state index is 12.1. The van der Waals surface area contributed by atoms with E-state index in [2.05, 4.69) is 0 Å². The van der Waals surface area contributed by atoms with Crippen molar-refractivity contribution in [3.8, 4) is 0 Å². The third kappa shape index (κ3) is 4.69. The summed E-state index contributed by atoms with van der Waals surface area (Å²) in [4.78, 5) is 12.1. The van der Waals surface area contributed by atoms with E-state index < -0.39 is 18.6 Å². The molecule has 1 aromatic rings. The van der Waals surface area contributed by atoms with Crippen LogP contribution in [0.25, 0.3) is 0 Å². The van der Waals surface area contributed by atoms with E-state index in [9.17, 15) is 4.79 Å². The number of benzene rings is 1. The highest BCUT2D eigenvalue weighted by Crippen LogP contribution is 2.23. The molecule has 1 rings (SSSR count). The van der Waals surface area contributed by atoms with Crippen molar-refractivity contribution < 1.29 is 19.6 Å². The average Bonchev–Trinajstić information content (AvgIpc) is 2.27. The SMILES string of the molecule is CCC(C(=O)OC(C)(C)C)c1cccc(B(O)O)c1. The normalized spacial score (nSPS) is 12.9. The summed E-state index contributed by atoms with van der Waals surface area (Å²) in [6, 6.07) is 6.74. The molecule has 2 N–H and O–H groups in total. The minimum Gasteiger partial charge on any atom is -0.459 e. The van der Waals surface area contributed by atoms with Gasteiger partial charge in [-0.15, -0.1) is 0 Å². The van der Waals surface area contributed by atoms with E-state index in [1.807, 2.05) is 27.7 Å². The molecule has 0 aliphatic carbocycles. The summed E-state index contributed by atoms with van der Waals surface area (Å²) in [5.41, 5.74) is 0.584. The fourth-order valence-electron chi connectivity index (χ4n) is 1.85. The molecule has 0 aliphatic heterocycles. The number of hydrogen-bond acceptors (Lipinski definition) is 4. The molecule has 0 saturated carbocycles. The van der Waals surface area contributed by atoms with Gasteiger partial charge in [-0.3, -0.25) is 4.79 Å². The zero-order valence-corrected chi connectivity index (χ0v) is 11.9. The predicted octanol–water partition coefficient (Wildman–Crippen LogP) is 1.20. The maximum atomic E-state index is 12.1. The Morgan fingerprint density at radius 2 is 2.00 bits per heavy atom. The van der Waals surface area contributed by atoms with Crippen molar-refractivity contribution in [2.75, 3.05) is 0 Å². The molecule has 0 aliphatic rings. The Kier molecular flexibility index (Phi) is 5.15. The molecule has 1 aromatic carbocycles. The van der Waals surface area contributed by atoms with Crippen LogP contribution in [0, 0.1) is 0 Å². The maximum Gasteiger partial charge on any atom is 0.488 e. The third-order valence-corrected chi connectivity index (χ3v) is 2.71. The molecule has 0 fully saturated rings. The molecule has 0 radical (unpaired) electrons. The molecular weight excluding hydrogens is 243 g/mol. The van der Waals surface area contributed by atoms with Gasteiger partial charge in [-0.2, -0.15) is 0 Å². The van der Waals surface area contributed by atoms with Crippen LogP contribution in [0.3, 0.4) is 0 Å². The third-order valence-electron chi connectivity index (χ3n) is 2.71. The molecule has 0 bridgehead atoms. The second kappa shape index (κ2) is 6.22. The van der Waals surface area contributed by atoms with Gasteiger partial charge >= 0.3 is 13.1 Å². The van der Waals surface area contributed by atoms with Crippen LogP contribution < -0.4 is 5.46 Å². The number of esters is 1. The first-order valence-corrected chi connectivity index (χ1v) is 6.43. The fraction of sp³-hybridized carbons (Fsp3) is 0.500.